The summed E-state index contributed by atoms with van der Waals surface area (Å²) in [4.78, 5) is 23.0. The van der Waals surface area contributed by atoms with Crippen LogP contribution in [-0.2, 0) is 16.1 Å². The number of rotatable bonds is 5. The molecular formula is C18H21N3O3S. The van der Waals surface area contributed by atoms with Crippen LogP contribution in [0.25, 0.3) is 0 Å². The highest BCUT2D eigenvalue weighted by Gasteiger charge is 2.30. The Bertz CT molecular complexity index is 715. The maximum absolute atomic E-state index is 12.7. The van der Waals surface area contributed by atoms with E-state index in [4.69, 9.17) is 9.47 Å². The van der Waals surface area contributed by atoms with E-state index in [0.29, 0.717) is 25.4 Å². The zero-order valence-corrected chi connectivity index (χ0v) is 14.8. The van der Waals surface area contributed by atoms with Crippen LogP contribution in [0.15, 0.2) is 29.9 Å². The Kier molecular flexibility index (Phi) is 5.05. The average Bonchev–Trinajstić information content (AvgIpc) is 3.41. The summed E-state index contributed by atoms with van der Waals surface area (Å²) in [7, 11) is 0. The highest BCUT2D eigenvalue weighted by molar-refractivity contribution is 7.09. The van der Waals surface area contributed by atoms with E-state index in [-0.39, 0.29) is 18.1 Å². The predicted octanol–water partition coefficient (Wildman–Crippen LogP) is 2.82. The van der Waals surface area contributed by atoms with Crippen molar-refractivity contribution in [3.63, 3.8) is 0 Å². The van der Waals surface area contributed by atoms with Gasteiger partial charge < -0.3 is 14.4 Å². The largest absolute Gasteiger partial charge is 0.372 e. The van der Waals surface area contributed by atoms with Crippen molar-refractivity contribution < 1.29 is 14.3 Å². The number of carbonyl (C=O) groups is 1. The van der Waals surface area contributed by atoms with Crippen molar-refractivity contribution in [2.45, 2.75) is 38.1 Å². The van der Waals surface area contributed by atoms with Crippen molar-refractivity contribution in [1.82, 2.24) is 14.9 Å². The quantitative estimate of drug-likeness (QED) is 0.821. The number of thiazole rings is 1. The van der Waals surface area contributed by atoms with E-state index >= 15 is 0 Å². The minimum absolute atomic E-state index is 0.00416. The van der Waals surface area contributed by atoms with E-state index in [9.17, 15) is 4.79 Å². The van der Waals surface area contributed by atoms with Gasteiger partial charge in [0.05, 0.1) is 12.7 Å². The zero-order valence-electron chi connectivity index (χ0n) is 14.0. The smallest absolute Gasteiger partial charge is 0.273 e. The Hall–Kier alpha value is -1.83. The number of hydrogen-bond acceptors (Lipinski definition) is 6. The summed E-state index contributed by atoms with van der Waals surface area (Å²) in [5, 5.41) is 2.77. The first-order chi connectivity index (χ1) is 12.3. The first-order valence-electron chi connectivity index (χ1n) is 8.66. The van der Waals surface area contributed by atoms with Gasteiger partial charge in [-0.25, -0.2) is 4.98 Å². The van der Waals surface area contributed by atoms with Gasteiger partial charge in [-0.1, -0.05) is 0 Å². The Morgan fingerprint density at radius 1 is 1.36 bits per heavy atom. The third-order valence-electron chi connectivity index (χ3n) is 4.61. The van der Waals surface area contributed by atoms with E-state index < -0.39 is 0 Å². The van der Waals surface area contributed by atoms with Gasteiger partial charge in [-0.05, 0) is 37.0 Å². The number of ether oxygens (including phenoxy) is 2. The van der Waals surface area contributed by atoms with Crippen LogP contribution in [0, 0.1) is 0 Å². The molecule has 2 aliphatic rings. The lowest BCUT2D eigenvalue weighted by molar-refractivity contribution is 0.0436. The van der Waals surface area contributed by atoms with Gasteiger partial charge >= 0.3 is 0 Å². The first kappa shape index (κ1) is 16.6. The summed E-state index contributed by atoms with van der Waals surface area (Å²) < 4.78 is 11.6. The molecule has 2 saturated heterocycles. The average molecular weight is 359 g/mol. The molecule has 132 valence electrons. The van der Waals surface area contributed by atoms with E-state index in [2.05, 4.69) is 9.97 Å². The molecule has 1 amide bonds. The minimum atomic E-state index is -0.00416. The Balaban J connectivity index is 1.31. The molecular weight excluding hydrogens is 338 g/mol. The highest BCUT2D eigenvalue weighted by Crippen LogP contribution is 2.31. The summed E-state index contributed by atoms with van der Waals surface area (Å²) in [6.45, 7) is 2.68. The molecule has 25 heavy (non-hydrogen) atoms. The fraction of sp³-hybridized carbons (Fsp3) is 0.500. The van der Waals surface area contributed by atoms with Crippen molar-refractivity contribution in [2.24, 2.45) is 0 Å². The van der Waals surface area contributed by atoms with Crippen molar-refractivity contribution in [3.8, 4) is 0 Å². The van der Waals surface area contributed by atoms with Crippen molar-refractivity contribution >= 4 is 17.2 Å². The minimum Gasteiger partial charge on any atom is -0.372 e. The highest BCUT2D eigenvalue weighted by atomic mass is 32.1. The van der Waals surface area contributed by atoms with Gasteiger partial charge in [0, 0.05) is 37.5 Å². The Labute approximate surface area is 150 Å². The van der Waals surface area contributed by atoms with Crippen molar-refractivity contribution in [3.05, 3.63) is 46.2 Å². The van der Waals surface area contributed by atoms with Crippen LogP contribution in [0.3, 0.4) is 0 Å². The lowest BCUT2D eigenvalue weighted by atomic mass is 10.2. The third kappa shape index (κ3) is 3.89. The molecule has 4 heterocycles. The van der Waals surface area contributed by atoms with Crippen LogP contribution in [0.2, 0.25) is 0 Å². The van der Waals surface area contributed by atoms with Gasteiger partial charge in [0.2, 0.25) is 0 Å². The maximum atomic E-state index is 12.7. The second-order valence-corrected chi connectivity index (χ2v) is 7.29. The second kappa shape index (κ2) is 7.59. The van der Waals surface area contributed by atoms with Crippen LogP contribution in [0.1, 0.15) is 46.4 Å². The first-order valence-corrected chi connectivity index (χ1v) is 9.54. The fourth-order valence-corrected chi connectivity index (χ4v) is 4.08. The molecule has 2 unspecified atom stereocenters. The second-order valence-electron chi connectivity index (χ2n) is 6.40. The van der Waals surface area contributed by atoms with Crippen LogP contribution in [0.5, 0.6) is 0 Å². The number of carbonyl (C=O) groups excluding carboxylic acids is 1. The van der Waals surface area contributed by atoms with Gasteiger partial charge in [-0.3, -0.25) is 9.78 Å². The summed E-state index contributed by atoms with van der Waals surface area (Å²) >= 11 is 1.52. The Morgan fingerprint density at radius 3 is 3.04 bits per heavy atom. The molecule has 7 heteroatoms. The number of aromatic nitrogens is 2. The SMILES string of the molecule is O=C(c1csc(C2CCCO2)n1)N1CCC(OCc2ccncc2)C1. The number of likely N-dealkylation sites (tertiary alicyclic amines) is 1. The molecule has 4 rings (SSSR count). The molecule has 0 spiro atoms. The van der Waals surface area contributed by atoms with Gasteiger partial charge in [-0.15, -0.1) is 11.3 Å². The fourth-order valence-electron chi connectivity index (χ4n) is 3.21. The van der Waals surface area contributed by atoms with Gasteiger partial charge in [0.25, 0.3) is 5.91 Å². The lowest BCUT2D eigenvalue weighted by Crippen LogP contribution is -2.30. The monoisotopic (exact) mass is 359 g/mol. The van der Waals surface area contributed by atoms with Gasteiger partial charge in [-0.2, -0.15) is 0 Å². The summed E-state index contributed by atoms with van der Waals surface area (Å²) in [6.07, 6.45) is 6.59. The van der Waals surface area contributed by atoms with E-state index in [1.54, 1.807) is 12.4 Å². The standard InChI is InChI=1S/C18H21N3O3S/c22-18(15-12-25-17(20-15)16-2-1-9-23-16)21-8-5-14(10-21)24-11-13-3-6-19-7-4-13/h3-4,6-7,12,14,16H,1-2,5,8-11H2. The van der Waals surface area contributed by atoms with Crippen LogP contribution < -0.4 is 0 Å². The molecule has 0 N–H and O–H groups in total. The van der Waals surface area contributed by atoms with Gasteiger partial charge in [0.15, 0.2) is 0 Å². The van der Waals surface area contributed by atoms with E-state index in [0.717, 1.165) is 36.4 Å². The molecule has 0 aliphatic carbocycles. The molecule has 0 saturated carbocycles. The normalized spacial score (nSPS) is 23.3. The van der Waals surface area contributed by atoms with E-state index in [1.165, 1.54) is 11.3 Å². The summed E-state index contributed by atoms with van der Waals surface area (Å²) in [6, 6.07) is 3.89. The molecule has 2 atom stereocenters. The topological polar surface area (TPSA) is 64.5 Å². The lowest BCUT2D eigenvalue weighted by Gasteiger charge is -2.15. The molecule has 0 bridgehead atoms. The zero-order chi connectivity index (χ0) is 17.1. The Morgan fingerprint density at radius 2 is 2.24 bits per heavy atom. The molecule has 2 aromatic rings. The number of nitrogens with zero attached hydrogens (tertiary/aromatic N) is 3. The summed E-state index contributed by atoms with van der Waals surface area (Å²) in [5.74, 6) is -0.00416. The third-order valence-corrected chi connectivity index (χ3v) is 5.55. The van der Waals surface area contributed by atoms with Gasteiger partial charge in [0.1, 0.15) is 16.8 Å². The van der Waals surface area contributed by atoms with E-state index in [1.807, 2.05) is 22.4 Å². The molecule has 0 aromatic carbocycles. The molecule has 0 radical (unpaired) electrons. The van der Waals surface area contributed by atoms with Crippen LogP contribution in [-0.4, -0.2) is 46.6 Å². The summed E-state index contributed by atoms with van der Waals surface area (Å²) in [5.41, 5.74) is 1.63. The maximum Gasteiger partial charge on any atom is 0.273 e. The van der Waals surface area contributed by atoms with Crippen molar-refractivity contribution in [2.75, 3.05) is 19.7 Å². The molecule has 2 aliphatic heterocycles. The number of hydrogen-bond donors (Lipinski definition) is 0. The molecule has 2 aromatic heterocycles. The number of pyridine rings is 1. The van der Waals surface area contributed by atoms with Crippen LogP contribution in [0.4, 0.5) is 0 Å². The molecule has 6 nitrogen and oxygen atoms in total. The van der Waals surface area contributed by atoms with Crippen molar-refractivity contribution in [1.29, 1.82) is 0 Å². The van der Waals surface area contributed by atoms with Crippen LogP contribution >= 0.6 is 11.3 Å². The molecule has 2 fully saturated rings. The number of amides is 1. The predicted molar refractivity (Wildman–Crippen MR) is 93.4 cm³/mol.